The van der Waals surface area contributed by atoms with Crippen molar-refractivity contribution in [3.05, 3.63) is 70.9 Å². The number of aromatic nitrogens is 3. The van der Waals surface area contributed by atoms with Crippen molar-refractivity contribution < 1.29 is 4.79 Å². The van der Waals surface area contributed by atoms with Gasteiger partial charge >= 0.3 is 0 Å². The van der Waals surface area contributed by atoms with E-state index in [9.17, 15) is 4.79 Å². The maximum atomic E-state index is 12.7. The lowest BCUT2D eigenvalue weighted by atomic mass is 10.3. The molecule has 0 saturated heterocycles. The fourth-order valence-corrected chi connectivity index (χ4v) is 3.47. The van der Waals surface area contributed by atoms with Crippen LogP contribution < -0.4 is 5.32 Å². The van der Waals surface area contributed by atoms with Gasteiger partial charge in [-0.3, -0.25) is 4.79 Å². The third-order valence-corrected chi connectivity index (χ3v) is 4.80. The predicted octanol–water partition coefficient (Wildman–Crippen LogP) is 3.91. The van der Waals surface area contributed by atoms with Gasteiger partial charge < -0.3 is 14.9 Å². The number of fused-ring (bicyclic) bond motifs is 1. The number of benzene rings is 1. The van der Waals surface area contributed by atoms with Crippen LogP contribution in [0.15, 0.2) is 60.2 Å². The molecule has 0 radical (unpaired) electrons. The number of nitrogens with zero attached hydrogens (tertiary/aromatic N) is 2. The van der Waals surface area contributed by atoms with Crippen LogP contribution >= 0.6 is 11.3 Å². The molecular formula is C18H16N4OS. The Balaban J connectivity index is 1.57. The number of nitrogens with one attached hydrogen (secondary N) is 2. The van der Waals surface area contributed by atoms with E-state index in [2.05, 4.69) is 15.3 Å². The first-order chi connectivity index (χ1) is 11.7. The van der Waals surface area contributed by atoms with Crippen molar-refractivity contribution in [1.29, 1.82) is 0 Å². The summed E-state index contributed by atoms with van der Waals surface area (Å²) in [6.45, 7) is 1.93. The molecule has 5 nitrogen and oxygen atoms in total. The number of hydrogen-bond donors (Lipinski definition) is 2. The minimum atomic E-state index is -0.204. The highest BCUT2D eigenvalue weighted by atomic mass is 32.1. The highest BCUT2D eigenvalue weighted by Gasteiger charge is 2.18. The third kappa shape index (κ3) is 2.61. The zero-order valence-electron chi connectivity index (χ0n) is 13.1. The molecule has 0 aliphatic carbocycles. The summed E-state index contributed by atoms with van der Waals surface area (Å²) >= 11 is 1.43. The predicted molar refractivity (Wildman–Crippen MR) is 95.6 cm³/mol. The summed E-state index contributed by atoms with van der Waals surface area (Å²) < 4.78 is 1.94. The lowest BCUT2D eigenvalue weighted by molar-refractivity contribution is 0.0942. The van der Waals surface area contributed by atoms with Gasteiger partial charge in [0.05, 0.1) is 22.8 Å². The van der Waals surface area contributed by atoms with E-state index < -0.39 is 0 Å². The molecule has 0 saturated carbocycles. The van der Waals surface area contributed by atoms with Gasteiger partial charge in [-0.05, 0) is 42.6 Å². The normalized spacial score (nSPS) is 12.4. The Bertz CT molecular complexity index is 950. The van der Waals surface area contributed by atoms with Gasteiger partial charge in [0, 0.05) is 12.4 Å². The Kier molecular flexibility index (Phi) is 3.66. The average Bonchev–Trinajstić information content (AvgIpc) is 3.32. The van der Waals surface area contributed by atoms with Gasteiger partial charge in [-0.1, -0.05) is 12.1 Å². The third-order valence-electron chi connectivity index (χ3n) is 3.90. The van der Waals surface area contributed by atoms with Crippen LogP contribution in [0, 0.1) is 0 Å². The summed E-state index contributed by atoms with van der Waals surface area (Å²) in [4.78, 5) is 21.2. The van der Waals surface area contributed by atoms with Gasteiger partial charge in [0.2, 0.25) is 0 Å². The van der Waals surface area contributed by atoms with E-state index in [0.29, 0.717) is 4.88 Å². The molecule has 2 N–H and O–H groups in total. The first-order valence-corrected chi connectivity index (χ1v) is 8.56. The molecule has 1 amide bonds. The van der Waals surface area contributed by atoms with Crippen LogP contribution in [-0.2, 0) is 0 Å². The van der Waals surface area contributed by atoms with Crippen LogP contribution in [-0.4, -0.2) is 20.4 Å². The van der Waals surface area contributed by atoms with Crippen molar-refractivity contribution >= 4 is 28.3 Å². The molecule has 0 bridgehead atoms. The first kappa shape index (κ1) is 14.7. The molecule has 0 fully saturated rings. The molecule has 0 aliphatic rings. The smallest absolute Gasteiger partial charge is 0.264 e. The van der Waals surface area contributed by atoms with E-state index in [-0.39, 0.29) is 11.9 Å². The summed E-state index contributed by atoms with van der Waals surface area (Å²) in [7, 11) is 0. The zero-order chi connectivity index (χ0) is 16.5. The molecule has 1 atom stereocenters. The Morgan fingerprint density at radius 1 is 1.21 bits per heavy atom. The van der Waals surface area contributed by atoms with E-state index >= 15 is 0 Å². The number of aromatic amines is 1. The van der Waals surface area contributed by atoms with Crippen LogP contribution in [0.5, 0.6) is 0 Å². The lowest BCUT2D eigenvalue weighted by Gasteiger charge is -2.12. The van der Waals surface area contributed by atoms with Gasteiger partial charge in [0.1, 0.15) is 10.7 Å². The SMILES string of the molecule is CC(NC(=O)c1sccc1-n1cccc1)c1nc2ccccc2[nH]1. The fraction of sp³-hybridized carbons (Fsp3) is 0.111. The summed E-state index contributed by atoms with van der Waals surface area (Å²) in [5, 5.41) is 4.95. The second-order valence-electron chi connectivity index (χ2n) is 5.56. The number of H-pyrrole nitrogens is 1. The molecule has 6 heteroatoms. The summed E-state index contributed by atoms with van der Waals surface area (Å²) in [6, 6.07) is 13.5. The van der Waals surface area contributed by atoms with Gasteiger partial charge in [-0.2, -0.15) is 0 Å². The molecule has 3 aromatic heterocycles. The summed E-state index contributed by atoms with van der Waals surface area (Å²) in [5.41, 5.74) is 2.76. The maximum absolute atomic E-state index is 12.7. The monoisotopic (exact) mass is 336 g/mol. The summed E-state index contributed by atoms with van der Waals surface area (Å²) in [6.07, 6.45) is 3.86. The maximum Gasteiger partial charge on any atom is 0.264 e. The molecule has 0 spiro atoms. The van der Waals surface area contributed by atoms with Gasteiger partial charge in [0.15, 0.2) is 0 Å². The standard InChI is InChI=1S/C18H16N4OS/c1-12(17-20-13-6-2-3-7-14(13)21-17)19-18(23)16-15(8-11-24-16)22-9-4-5-10-22/h2-12H,1H3,(H,19,23)(H,20,21). The minimum Gasteiger partial charge on any atom is -0.342 e. The molecule has 1 aromatic carbocycles. The van der Waals surface area contributed by atoms with Crippen LogP contribution in [0.25, 0.3) is 16.7 Å². The second-order valence-corrected chi connectivity index (χ2v) is 6.48. The Morgan fingerprint density at radius 2 is 2.00 bits per heavy atom. The van der Waals surface area contributed by atoms with Crippen molar-refractivity contribution in [2.24, 2.45) is 0 Å². The minimum absolute atomic E-state index is 0.0957. The largest absolute Gasteiger partial charge is 0.342 e. The van der Waals surface area contributed by atoms with Crippen LogP contribution in [0.3, 0.4) is 0 Å². The Morgan fingerprint density at radius 3 is 2.79 bits per heavy atom. The van der Waals surface area contributed by atoms with Crippen molar-refractivity contribution in [2.45, 2.75) is 13.0 Å². The Hall–Kier alpha value is -2.86. The number of amides is 1. The van der Waals surface area contributed by atoms with Crippen molar-refractivity contribution in [2.75, 3.05) is 0 Å². The molecule has 120 valence electrons. The highest BCUT2D eigenvalue weighted by Crippen LogP contribution is 2.23. The zero-order valence-corrected chi connectivity index (χ0v) is 13.9. The first-order valence-electron chi connectivity index (χ1n) is 7.69. The number of thiophene rings is 1. The number of imidazole rings is 1. The Labute approximate surface area is 143 Å². The molecular weight excluding hydrogens is 320 g/mol. The van der Waals surface area contributed by atoms with Crippen LogP contribution in [0.1, 0.15) is 28.5 Å². The number of rotatable bonds is 4. The van der Waals surface area contributed by atoms with Crippen LogP contribution in [0.2, 0.25) is 0 Å². The number of hydrogen-bond acceptors (Lipinski definition) is 3. The second kappa shape index (κ2) is 5.98. The number of para-hydroxylation sites is 2. The van der Waals surface area contributed by atoms with E-state index in [4.69, 9.17) is 0 Å². The molecule has 3 heterocycles. The van der Waals surface area contributed by atoms with E-state index in [1.165, 1.54) is 11.3 Å². The topological polar surface area (TPSA) is 62.7 Å². The molecule has 24 heavy (non-hydrogen) atoms. The fourth-order valence-electron chi connectivity index (χ4n) is 2.68. The van der Waals surface area contributed by atoms with E-state index in [1.54, 1.807) is 0 Å². The van der Waals surface area contributed by atoms with Crippen molar-refractivity contribution in [3.8, 4) is 5.69 Å². The highest BCUT2D eigenvalue weighted by molar-refractivity contribution is 7.12. The lowest BCUT2D eigenvalue weighted by Crippen LogP contribution is -2.27. The van der Waals surface area contributed by atoms with Crippen LogP contribution in [0.4, 0.5) is 0 Å². The molecule has 4 aromatic rings. The van der Waals surface area contributed by atoms with Gasteiger partial charge in [-0.25, -0.2) is 4.98 Å². The average molecular weight is 336 g/mol. The molecule has 1 unspecified atom stereocenters. The quantitative estimate of drug-likeness (QED) is 0.593. The molecule has 4 rings (SSSR count). The van der Waals surface area contributed by atoms with Crippen molar-refractivity contribution in [3.63, 3.8) is 0 Å². The number of carbonyl (C=O) groups excluding carboxylic acids is 1. The van der Waals surface area contributed by atoms with E-state index in [1.807, 2.05) is 71.7 Å². The van der Waals surface area contributed by atoms with Gasteiger partial charge in [-0.15, -0.1) is 11.3 Å². The van der Waals surface area contributed by atoms with E-state index in [0.717, 1.165) is 22.5 Å². The van der Waals surface area contributed by atoms with Crippen molar-refractivity contribution in [1.82, 2.24) is 19.9 Å². The number of carbonyl (C=O) groups is 1. The summed E-state index contributed by atoms with van der Waals surface area (Å²) in [5.74, 6) is 0.658. The van der Waals surface area contributed by atoms with Gasteiger partial charge in [0.25, 0.3) is 5.91 Å². The molecule has 0 aliphatic heterocycles.